The molecule has 0 bridgehead atoms. The number of carbonyl (C=O) groups is 1. The number of amides is 1. The zero-order valence-corrected chi connectivity index (χ0v) is 14.8. The van der Waals surface area contributed by atoms with Gasteiger partial charge in [-0.2, -0.15) is 0 Å². The summed E-state index contributed by atoms with van der Waals surface area (Å²) in [7, 11) is 0. The molecule has 130 valence electrons. The molecule has 0 aliphatic rings. The van der Waals surface area contributed by atoms with Gasteiger partial charge >= 0.3 is 0 Å². The molecule has 2 aromatic heterocycles. The second-order valence-electron chi connectivity index (χ2n) is 5.83. The monoisotopic (exact) mass is 360 g/mol. The number of halogens is 1. The van der Waals surface area contributed by atoms with Gasteiger partial charge in [-0.25, -0.2) is 0 Å². The molecule has 0 saturated heterocycles. The Morgan fingerprint density at radius 2 is 2.04 bits per heavy atom. The first-order valence-electron chi connectivity index (χ1n) is 7.77. The van der Waals surface area contributed by atoms with Gasteiger partial charge in [-0.05, 0) is 32.9 Å². The van der Waals surface area contributed by atoms with Crippen LogP contribution >= 0.6 is 11.6 Å². The van der Waals surface area contributed by atoms with E-state index in [0.29, 0.717) is 28.1 Å². The second kappa shape index (κ2) is 7.06. The summed E-state index contributed by atoms with van der Waals surface area (Å²) in [5, 5.41) is 12.3. The average Bonchev–Trinajstić information content (AvgIpc) is 3.21. The van der Waals surface area contributed by atoms with E-state index in [4.69, 9.17) is 20.5 Å². The summed E-state index contributed by atoms with van der Waals surface area (Å²) in [6.45, 7) is 5.70. The molecule has 0 unspecified atom stereocenters. The zero-order valence-electron chi connectivity index (χ0n) is 14.1. The van der Waals surface area contributed by atoms with Gasteiger partial charge in [0.05, 0.1) is 17.1 Å². The van der Waals surface area contributed by atoms with Crippen LogP contribution in [0.3, 0.4) is 0 Å². The van der Waals surface area contributed by atoms with Crippen molar-refractivity contribution in [3.05, 3.63) is 52.7 Å². The molecule has 25 heavy (non-hydrogen) atoms. The lowest BCUT2D eigenvalue weighted by molar-refractivity contribution is 0.0661. The molecule has 8 heteroatoms. The number of aryl methyl sites for hydroxylation is 1. The Bertz CT molecular complexity index is 887. The topological polar surface area (TPSA) is 85.3 Å². The SMILES string of the molecule is Cc1cc(C(=O)N(Cc2nnc(-c3ccccc3Cl)o2)C(C)C)no1. The molecule has 0 fully saturated rings. The fraction of sp³-hybridized carbons (Fsp3) is 0.294. The predicted molar refractivity (Wildman–Crippen MR) is 91.0 cm³/mol. The van der Waals surface area contributed by atoms with Crippen molar-refractivity contribution in [3.63, 3.8) is 0 Å². The van der Waals surface area contributed by atoms with Crippen LogP contribution in [-0.2, 0) is 6.54 Å². The summed E-state index contributed by atoms with van der Waals surface area (Å²) in [5.41, 5.74) is 0.898. The highest BCUT2D eigenvalue weighted by atomic mass is 35.5. The first-order valence-corrected chi connectivity index (χ1v) is 8.15. The van der Waals surface area contributed by atoms with Crippen molar-refractivity contribution in [2.75, 3.05) is 0 Å². The maximum Gasteiger partial charge on any atom is 0.276 e. The van der Waals surface area contributed by atoms with Crippen LogP contribution in [0.15, 0.2) is 39.3 Å². The molecule has 0 aliphatic carbocycles. The molecule has 0 atom stereocenters. The van der Waals surface area contributed by atoms with Crippen LogP contribution < -0.4 is 0 Å². The Morgan fingerprint density at radius 1 is 1.28 bits per heavy atom. The molecule has 2 heterocycles. The van der Waals surface area contributed by atoms with Crippen molar-refractivity contribution in [1.82, 2.24) is 20.3 Å². The van der Waals surface area contributed by atoms with E-state index in [9.17, 15) is 4.79 Å². The van der Waals surface area contributed by atoms with Gasteiger partial charge in [0.15, 0.2) is 5.69 Å². The third kappa shape index (κ3) is 3.71. The van der Waals surface area contributed by atoms with Gasteiger partial charge < -0.3 is 13.8 Å². The molecule has 3 aromatic rings. The highest BCUT2D eigenvalue weighted by Gasteiger charge is 2.24. The van der Waals surface area contributed by atoms with E-state index in [2.05, 4.69) is 15.4 Å². The largest absolute Gasteiger partial charge is 0.419 e. The van der Waals surface area contributed by atoms with E-state index in [0.717, 1.165) is 0 Å². The summed E-state index contributed by atoms with van der Waals surface area (Å²) < 4.78 is 10.7. The van der Waals surface area contributed by atoms with E-state index >= 15 is 0 Å². The highest BCUT2D eigenvalue weighted by Crippen LogP contribution is 2.26. The lowest BCUT2D eigenvalue weighted by atomic mass is 10.2. The molecule has 3 rings (SSSR count). The Hall–Kier alpha value is -2.67. The van der Waals surface area contributed by atoms with Gasteiger partial charge in [-0.15, -0.1) is 10.2 Å². The van der Waals surface area contributed by atoms with E-state index in [1.54, 1.807) is 30.0 Å². The molecular formula is C17H17ClN4O3. The number of rotatable bonds is 5. The minimum Gasteiger partial charge on any atom is -0.419 e. The van der Waals surface area contributed by atoms with Crippen LogP contribution in [-0.4, -0.2) is 32.2 Å². The minimum atomic E-state index is -0.260. The van der Waals surface area contributed by atoms with Crippen molar-refractivity contribution in [2.24, 2.45) is 0 Å². The normalized spacial score (nSPS) is 11.1. The molecule has 1 aromatic carbocycles. The quantitative estimate of drug-likeness (QED) is 0.689. The maximum absolute atomic E-state index is 12.6. The Morgan fingerprint density at radius 3 is 2.68 bits per heavy atom. The third-order valence-corrected chi connectivity index (χ3v) is 3.94. The van der Waals surface area contributed by atoms with Crippen LogP contribution in [0, 0.1) is 6.92 Å². The first-order chi connectivity index (χ1) is 12.0. The molecule has 0 spiro atoms. The van der Waals surface area contributed by atoms with Crippen molar-refractivity contribution in [1.29, 1.82) is 0 Å². The van der Waals surface area contributed by atoms with Crippen LogP contribution in [0.2, 0.25) is 5.02 Å². The van der Waals surface area contributed by atoms with Gasteiger partial charge in [0.2, 0.25) is 11.8 Å². The van der Waals surface area contributed by atoms with Gasteiger partial charge in [-0.1, -0.05) is 28.9 Å². The van der Waals surface area contributed by atoms with Gasteiger partial charge in [0.25, 0.3) is 5.91 Å². The molecule has 0 saturated carbocycles. The summed E-state index contributed by atoms with van der Waals surface area (Å²) in [4.78, 5) is 14.2. The third-order valence-electron chi connectivity index (χ3n) is 3.61. The lowest BCUT2D eigenvalue weighted by Crippen LogP contribution is -2.36. The molecule has 1 amide bonds. The number of hydrogen-bond acceptors (Lipinski definition) is 6. The standard InChI is InChI=1S/C17H17ClN4O3/c1-10(2)22(17(23)14-8-11(3)25-21-14)9-15-19-20-16(24-15)12-6-4-5-7-13(12)18/h4-8,10H,9H2,1-3H3. The minimum absolute atomic E-state index is 0.0832. The number of aromatic nitrogens is 3. The fourth-order valence-electron chi connectivity index (χ4n) is 2.31. The zero-order chi connectivity index (χ0) is 18.0. The predicted octanol–water partition coefficient (Wildman–Crippen LogP) is 3.74. The lowest BCUT2D eigenvalue weighted by Gasteiger charge is -2.23. The van der Waals surface area contributed by atoms with E-state index in [1.165, 1.54) is 0 Å². The second-order valence-corrected chi connectivity index (χ2v) is 6.24. The molecule has 0 N–H and O–H groups in total. The van der Waals surface area contributed by atoms with Crippen molar-refractivity contribution >= 4 is 17.5 Å². The summed E-state index contributed by atoms with van der Waals surface area (Å²) in [5.74, 6) is 0.946. The number of benzene rings is 1. The smallest absolute Gasteiger partial charge is 0.276 e. The Kier molecular flexibility index (Phi) is 4.85. The van der Waals surface area contributed by atoms with E-state index in [-0.39, 0.29) is 24.2 Å². The summed E-state index contributed by atoms with van der Waals surface area (Å²) >= 11 is 6.15. The maximum atomic E-state index is 12.6. The first kappa shape index (κ1) is 17.2. The van der Waals surface area contributed by atoms with Crippen LogP contribution in [0.25, 0.3) is 11.5 Å². The van der Waals surface area contributed by atoms with E-state index in [1.807, 2.05) is 26.0 Å². The molecule has 7 nitrogen and oxygen atoms in total. The number of nitrogens with zero attached hydrogens (tertiary/aromatic N) is 4. The van der Waals surface area contributed by atoms with Crippen LogP contribution in [0.1, 0.15) is 36.0 Å². The Balaban J connectivity index is 1.82. The summed E-state index contributed by atoms with van der Waals surface area (Å²) in [6.07, 6.45) is 0. The number of carbonyl (C=O) groups excluding carboxylic acids is 1. The van der Waals surface area contributed by atoms with Crippen LogP contribution in [0.5, 0.6) is 0 Å². The van der Waals surface area contributed by atoms with Crippen molar-refractivity contribution in [2.45, 2.75) is 33.4 Å². The van der Waals surface area contributed by atoms with E-state index < -0.39 is 0 Å². The molecule has 0 aliphatic heterocycles. The van der Waals surface area contributed by atoms with Crippen LogP contribution in [0.4, 0.5) is 0 Å². The van der Waals surface area contributed by atoms with Gasteiger partial charge in [0.1, 0.15) is 5.76 Å². The molecular weight excluding hydrogens is 344 g/mol. The summed E-state index contributed by atoms with van der Waals surface area (Å²) in [6, 6.07) is 8.71. The van der Waals surface area contributed by atoms with Gasteiger partial charge in [-0.3, -0.25) is 4.79 Å². The van der Waals surface area contributed by atoms with Gasteiger partial charge in [0, 0.05) is 12.1 Å². The average molecular weight is 361 g/mol. The molecule has 0 radical (unpaired) electrons. The highest BCUT2D eigenvalue weighted by molar-refractivity contribution is 6.33. The van der Waals surface area contributed by atoms with Crippen molar-refractivity contribution in [3.8, 4) is 11.5 Å². The number of hydrogen-bond donors (Lipinski definition) is 0. The Labute approximate surface area is 149 Å². The fourth-order valence-corrected chi connectivity index (χ4v) is 2.53. The van der Waals surface area contributed by atoms with Crippen molar-refractivity contribution < 1.29 is 13.7 Å².